The van der Waals surface area contributed by atoms with Crippen LogP contribution in [0.2, 0.25) is 0 Å². The monoisotopic (exact) mass is 295 g/mol. The molecule has 1 atom stereocenters. The van der Waals surface area contributed by atoms with Gasteiger partial charge >= 0.3 is 0 Å². The number of aromatic nitrogens is 1. The third kappa shape index (κ3) is 3.95. The average molecular weight is 295 g/mol. The first-order valence-corrected chi connectivity index (χ1v) is 8.89. The minimum Gasteiger partial charge on any atom is -0.345 e. The van der Waals surface area contributed by atoms with E-state index in [9.17, 15) is 0 Å². The summed E-state index contributed by atoms with van der Waals surface area (Å²) in [7, 11) is 0. The highest BCUT2D eigenvalue weighted by molar-refractivity contribution is 7.15. The lowest BCUT2D eigenvalue weighted by molar-refractivity contribution is 0.434. The van der Waals surface area contributed by atoms with Gasteiger partial charge in [0.2, 0.25) is 0 Å². The Morgan fingerprint density at radius 1 is 1.40 bits per heavy atom. The van der Waals surface area contributed by atoms with Gasteiger partial charge in [0.15, 0.2) is 5.13 Å². The largest absolute Gasteiger partial charge is 0.345 e. The molecule has 1 aromatic heterocycles. The summed E-state index contributed by atoms with van der Waals surface area (Å²) in [6, 6.07) is 1.24. The zero-order valence-corrected chi connectivity index (χ0v) is 14.2. The molecule has 1 aliphatic heterocycles. The maximum atomic E-state index is 4.85. The lowest BCUT2D eigenvalue weighted by Gasteiger charge is -2.35. The predicted octanol–water partition coefficient (Wildman–Crippen LogP) is 4.11. The fraction of sp³-hybridized carbons (Fsp3) is 0.812. The number of rotatable bonds is 6. The molecule has 0 aromatic carbocycles. The average Bonchev–Trinajstić information content (AvgIpc) is 2.78. The van der Waals surface area contributed by atoms with Crippen LogP contribution in [0.4, 0.5) is 5.13 Å². The standard InChI is InChI=1S/C16H29N3S/c1-5-8-14-9-6-7-10-19(14)16-18-13(4)15(20-16)11-17-12(2)3/h12,14,17H,5-11H2,1-4H3. The van der Waals surface area contributed by atoms with Crippen LogP contribution in [0.25, 0.3) is 0 Å². The third-order valence-corrected chi connectivity index (χ3v) is 5.24. The molecule has 0 spiro atoms. The third-order valence-electron chi connectivity index (χ3n) is 4.05. The van der Waals surface area contributed by atoms with Gasteiger partial charge in [-0.2, -0.15) is 0 Å². The molecule has 4 heteroatoms. The zero-order valence-electron chi connectivity index (χ0n) is 13.4. The Hall–Kier alpha value is -0.610. The molecule has 1 aliphatic rings. The van der Waals surface area contributed by atoms with E-state index in [1.54, 1.807) is 0 Å². The van der Waals surface area contributed by atoms with Crippen LogP contribution in [0.1, 0.15) is 63.4 Å². The van der Waals surface area contributed by atoms with Gasteiger partial charge in [-0.3, -0.25) is 0 Å². The van der Waals surface area contributed by atoms with E-state index >= 15 is 0 Å². The second-order valence-corrected chi connectivity index (χ2v) is 7.23. The Labute approximate surface area is 127 Å². The van der Waals surface area contributed by atoms with E-state index in [4.69, 9.17) is 4.98 Å². The molecule has 3 nitrogen and oxygen atoms in total. The number of nitrogens with one attached hydrogen (secondary N) is 1. The summed E-state index contributed by atoms with van der Waals surface area (Å²) in [4.78, 5) is 8.82. The van der Waals surface area contributed by atoms with Crippen LogP contribution in [0, 0.1) is 6.92 Å². The van der Waals surface area contributed by atoms with E-state index in [2.05, 4.69) is 37.9 Å². The number of nitrogens with zero attached hydrogens (tertiary/aromatic N) is 2. The van der Waals surface area contributed by atoms with Crippen molar-refractivity contribution in [3.63, 3.8) is 0 Å². The van der Waals surface area contributed by atoms with Crippen LogP contribution in [0.5, 0.6) is 0 Å². The molecule has 0 aliphatic carbocycles. The second-order valence-electron chi connectivity index (χ2n) is 6.17. The van der Waals surface area contributed by atoms with Crippen molar-refractivity contribution in [3.8, 4) is 0 Å². The summed E-state index contributed by atoms with van der Waals surface area (Å²) in [5.74, 6) is 0. The van der Waals surface area contributed by atoms with Crippen molar-refractivity contribution < 1.29 is 0 Å². The summed E-state index contributed by atoms with van der Waals surface area (Å²) in [6.07, 6.45) is 6.61. The molecular formula is C16H29N3S. The first kappa shape index (κ1) is 15.8. The zero-order chi connectivity index (χ0) is 14.5. The fourth-order valence-corrected chi connectivity index (χ4v) is 3.99. The Bertz CT molecular complexity index is 412. The van der Waals surface area contributed by atoms with Crippen LogP contribution in [-0.4, -0.2) is 23.6 Å². The van der Waals surface area contributed by atoms with Crippen LogP contribution >= 0.6 is 11.3 Å². The normalized spacial score (nSPS) is 19.9. The van der Waals surface area contributed by atoms with E-state index in [0.29, 0.717) is 12.1 Å². The van der Waals surface area contributed by atoms with Gasteiger partial charge in [0, 0.05) is 30.1 Å². The van der Waals surface area contributed by atoms with Crippen LogP contribution in [-0.2, 0) is 6.54 Å². The predicted molar refractivity (Wildman–Crippen MR) is 88.7 cm³/mol. The van der Waals surface area contributed by atoms with Crippen LogP contribution < -0.4 is 10.2 Å². The fourth-order valence-electron chi connectivity index (χ4n) is 2.88. The smallest absolute Gasteiger partial charge is 0.186 e. The van der Waals surface area contributed by atoms with Crippen molar-refractivity contribution in [2.45, 2.75) is 78.4 Å². The van der Waals surface area contributed by atoms with Gasteiger partial charge in [-0.1, -0.05) is 27.2 Å². The maximum absolute atomic E-state index is 4.85. The number of aryl methyl sites for hydroxylation is 1. The Morgan fingerprint density at radius 2 is 2.20 bits per heavy atom. The molecule has 1 fully saturated rings. The number of piperidine rings is 1. The van der Waals surface area contributed by atoms with Gasteiger partial charge in [0.1, 0.15) is 0 Å². The first-order chi connectivity index (χ1) is 9.61. The maximum Gasteiger partial charge on any atom is 0.186 e. The Kier molecular flexibility index (Phi) is 5.85. The minimum absolute atomic E-state index is 0.530. The lowest BCUT2D eigenvalue weighted by atomic mass is 9.99. The van der Waals surface area contributed by atoms with Gasteiger partial charge in [0.25, 0.3) is 0 Å². The molecule has 1 unspecified atom stereocenters. The molecule has 20 heavy (non-hydrogen) atoms. The molecular weight excluding hydrogens is 266 g/mol. The SMILES string of the molecule is CCCC1CCCCN1c1nc(C)c(CNC(C)C)s1. The number of hydrogen-bond acceptors (Lipinski definition) is 4. The van der Waals surface area contributed by atoms with Gasteiger partial charge in [-0.15, -0.1) is 11.3 Å². The highest BCUT2D eigenvalue weighted by atomic mass is 32.1. The van der Waals surface area contributed by atoms with E-state index < -0.39 is 0 Å². The highest BCUT2D eigenvalue weighted by Crippen LogP contribution is 2.32. The molecule has 0 radical (unpaired) electrons. The quantitative estimate of drug-likeness (QED) is 0.856. The van der Waals surface area contributed by atoms with E-state index in [0.717, 1.165) is 6.54 Å². The van der Waals surface area contributed by atoms with Crippen molar-refractivity contribution in [2.24, 2.45) is 0 Å². The highest BCUT2D eigenvalue weighted by Gasteiger charge is 2.24. The Balaban J connectivity index is 2.08. The molecule has 0 saturated carbocycles. The van der Waals surface area contributed by atoms with Gasteiger partial charge in [0.05, 0.1) is 5.69 Å². The molecule has 114 valence electrons. The second kappa shape index (κ2) is 7.41. The minimum atomic E-state index is 0.530. The van der Waals surface area contributed by atoms with Gasteiger partial charge in [-0.05, 0) is 32.6 Å². The molecule has 1 N–H and O–H groups in total. The van der Waals surface area contributed by atoms with E-state index in [-0.39, 0.29) is 0 Å². The van der Waals surface area contributed by atoms with Crippen LogP contribution in [0.15, 0.2) is 0 Å². The van der Waals surface area contributed by atoms with Crippen molar-refractivity contribution in [2.75, 3.05) is 11.4 Å². The van der Waals surface area contributed by atoms with E-state index in [1.807, 2.05) is 11.3 Å². The van der Waals surface area contributed by atoms with Gasteiger partial charge < -0.3 is 10.2 Å². The van der Waals surface area contributed by atoms with Crippen molar-refractivity contribution in [3.05, 3.63) is 10.6 Å². The summed E-state index contributed by atoms with van der Waals surface area (Å²) >= 11 is 1.89. The summed E-state index contributed by atoms with van der Waals surface area (Å²) in [6.45, 7) is 11.0. The number of thiazole rings is 1. The molecule has 0 amide bonds. The topological polar surface area (TPSA) is 28.2 Å². The molecule has 1 aromatic rings. The van der Waals surface area contributed by atoms with Crippen molar-refractivity contribution >= 4 is 16.5 Å². The summed E-state index contributed by atoms with van der Waals surface area (Å²) in [5, 5.41) is 4.76. The number of hydrogen-bond donors (Lipinski definition) is 1. The molecule has 0 bridgehead atoms. The Morgan fingerprint density at radius 3 is 2.90 bits per heavy atom. The van der Waals surface area contributed by atoms with Crippen molar-refractivity contribution in [1.29, 1.82) is 0 Å². The molecule has 2 rings (SSSR count). The van der Waals surface area contributed by atoms with Crippen molar-refractivity contribution in [1.82, 2.24) is 10.3 Å². The number of anilines is 1. The van der Waals surface area contributed by atoms with E-state index in [1.165, 1.54) is 54.4 Å². The lowest BCUT2D eigenvalue weighted by Crippen LogP contribution is -2.39. The van der Waals surface area contributed by atoms with Crippen LogP contribution in [0.3, 0.4) is 0 Å². The summed E-state index contributed by atoms with van der Waals surface area (Å²) < 4.78 is 0. The van der Waals surface area contributed by atoms with Gasteiger partial charge in [-0.25, -0.2) is 4.98 Å². The first-order valence-electron chi connectivity index (χ1n) is 8.08. The molecule has 2 heterocycles. The summed E-state index contributed by atoms with van der Waals surface area (Å²) in [5.41, 5.74) is 1.21. The molecule has 1 saturated heterocycles.